The molecule has 0 amide bonds. The number of benzene rings is 1. The minimum absolute atomic E-state index is 0. The summed E-state index contributed by atoms with van der Waals surface area (Å²) < 4.78 is 0. The van der Waals surface area contributed by atoms with Crippen LogP contribution in [0.2, 0.25) is 0 Å². The summed E-state index contributed by atoms with van der Waals surface area (Å²) >= 11 is 0. The van der Waals surface area contributed by atoms with Gasteiger partial charge < -0.3 is 15.7 Å². The highest BCUT2D eigenvalue weighted by atomic mass is 127. The predicted molar refractivity (Wildman–Crippen MR) is 123 cm³/mol. The molecule has 0 aliphatic heterocycles. The number of hydrogen-bond donors (Lipinski definition) is 3. The Morgan fingerprint density at radius 2 is 1.54 bits per heavy atom. The van der Waals surface area contributed by atoms with Crippen LogP contribution >= 0.6 is 24.0 Å². The summed E-state index contributed by atoms with van der Waals surface area (Å²) in [5.74, 6) is 1.19. The van der Waals surface area contributed by atoms with Gasteiger partial charge in [0, 0.05) is 38.8 Å². The molecular weight excluding hydrogens is 439 g/mol. The van der Waals surface area contributed by atoms with Crippen LogP contribution in [0.3, 0.4) is 0 Å². The van der Waals surface area contributed by atoms with Gasteiger partial charge >= 0.3 is 0 Å². The summed E-state index contributed by atoms with van der Waals surface area (Å²) in [5, 5.41) is 16.0. The van der Waals surface area contributed by atoms with Crippen molar-refractivity contribution in [3.63, 3.8) is 0 Å². The molecule has 0 saturated heterocycles. The van der Waals surface area contributed by atoms with Crippen LogP contribution in [-0.2, 0) is 6.42 Å². The maximum Gasteiger partial charge on any atom is 0.190 e. The molecule has 1 rings (SSSR count). The van der Waals surface area contributed by atoms with E-state index in [1.165, 1.54) is 5.56 Å². The molecule has 0 heterocycles. The molecule has 0 spiro atoms. The lowest BCUT2D eigenvalue weighted by molar-refractivity contribution is 0.173. The van der Waals surface area contributed by atoms with E-state index in [9.17, 15) is 5.11 Å². The fraction of sp³-hybridized carbons (Fsp3) is 0.650. The highest BCUT2D eigenvalue weighted by molar-refractivity contribution is 14.0. The average Bonchev–Trinajstić information content (AvgIpc) is 2.57. The Hall–Kier alpha value is -1.02. The lowest BCUT2D eigenvalue weighted by Gasteiger charge is -2.30. The number of aryl methyl sites for hydroxylation is 1. The molecule has 3 N–H and O–H groups in total. The van der Waals surface area contributed by atoms with Gasteiger partial charge in [-0.3, -0.25) is 9.89 Å². The van der Waals surface area contributed by atoms with Gasteiger partial charge in [-0.2, -0.15) is 0 Å². The summed E-state index contributed by atoms with van der Waals surface area (Å²) in [6, 6.07) is 8.58. The molecule has 0 radical (unpaired) electrons. The molecule has 0 aliphatic rings. The Labute approximate surface area is 176 Å². The van der Waals surface area contributed by atoms with E-state index in [1.54, 1.807) is 12.1 Å². The van der Waals surface area contributed by atoms with Gasteiger partial charge in [-0.05, 0) is 64.7 Å². The van der Waals surface area contributed by atoms with Gasteiger partial charge in [0.1, 0.15) is 5.75 Å². The minimum atomic E-state index is 0. The van der Waals surface area contributed by atoms with E-state index < -0.39 is 0 Å². The molecule has 150 valence electrons. The molecule has 26 heavy (non-hydrogen) atoms. The second-order valence-corrected chi connectivity index (χ2v) is 6.97. The van der Waals surface area contributed by atoms with E-state index >= 15 is 0 Å². The third-order valence-corrected chi connectivity index (χ3v) is 4.31. The molecule has 1 aromatic rings. The second-order valence-electron chi connectivity index (χ2n) is 6.97. The third kappa shape index (κ3) is 10.2. The van der Waals surface area contributed by atoms with Crippen LogP contribution in [0.4, 0.5) is 0 Å². The number of phenols is 1. The monoisotopic (exact) mass is 476 g/mol. The standard InChI is InChI=1S/C20H36N4O.HI/c1-16(2)24(17(3)4)15-7-14-23-20(21-5)22-13-6-8-18-9-11-19(25)12-10-18;/h9-12,16-17,25H,6-8,13-15H2,1-5H3,(H2,21,22,23);1H. The minimum Gasteiger partial charge on any atom is -0.508 e. The van der Waals surface area contributed by atoms with Crippen molar-refractivity contribution in [3.05, 3.63) is 29.8 Å². The number of rotatable bonds is 10. The highest BCUT2D eigenvalue weighted by Gasteiger charge is 2.12. The maximum absolute atomic E-state index is 9.29. The van der Waals surface area contributed by atoms with Crippen LogP contribution < -0.4 is 10.6 Å². The smallest absolute Gasteiger partial charge is 0.190 e. The van der Waals surface area contributed by atoms with Gasteiger partial charge in [0.25, 0.3) is 0 Å². The number of phenolic OH excluding ortho intramolecular Hbond substituents is 1. The van der Waals surface area contributed by atoms with Crippen molar-refractivity contribution in [2.45, 2.75) is 59.0 Å². The van der Waals surface area contributed by atoms with Crippen molar-refractivity contribution < 1.29 is 5.11 Å². The zero-order chi connectivity index (χ0) is 18.7. The summed E-state index contributed by atoms with van der Waals surface area (Å²) in [5.41, 5.74) is 1.24. The fourth-order valence-corrected chi connectivity index (χ4v) is 2.96. The first-order valence-electron chi connectivity index (χ1n) is 9.42. The zero-order valence-corrected chi connectivity index (χ0v) is 19.3. The maximum atomic E-state index is 9.29. The van der Waals surface area contributed by atoms with Gasteiger partial charge in [-0.25, -0.2) is 0 Å². The molecule has 0 atom stereocenters. The largest absolute Gasteiger partial charge is 0.508 e. The van der Waals surface area contributed by atoms with E-state index in [0.717, 1.165) is 44.9 Å². The average molecular weight is 476 g/mol. The normalized spacial score (nSPS) is 11.8. The first-order valence-corrected chi connectivity index (χ1v) is 9.42. The summed E-state index contributed by atoms with van der Waals surface area (Å²) in [6.07, 6.45) is 3.12. The van der Waals surface area contributed by atoms with Crippen molar-refractivity contribution in [1.29, 1.82) is 0 Å². The van der Waals surface area contributed by atoms with Crippen molar-refractivity contribution >= 4 is 29.9 Å². The Bertz CT molecular complexity index is 495. The lowest BCUT2D eigenvalue weighted by Crippen LogP contribution is -2.41. The summed E-state index contributed by atoms with van der Waals surface area (Å²) in [4.78, 5) is 6.79. The summed E-state index contributed by atoms with van der Waals surface area (Å²) in [7, 11) is 1.81. The van der Waals surface area contributed by atoms with Gasteiger partial charge in [-0.15, -0.1) is 24.0 Å². The van der Waals surface area contributed by atoms with Gasteiger partial charge in [0.05, 0.1) is 0 Å². The second kappa shape index (κ2) is 14.1. The number of nitrogens with one attached hydrogen (secondary N) is 2. The predicted octanol–water partition coefficient (Wildman–Crippen LogP) is 3.62. The van der Waals surface area contributed by atoms with E-state index in [0.29, 0.717) is 17.8 Å². The van der Waals surface area contributed by atoms with Crippen LogP contribution in [-0.4, -0.2) is 54.7 Å². The lowest BCUT2D eigenvalue weighted by atomic mass is 10.1. The van der Waals surface area contributed by atoms with Crippen molar-refractivity contribution in [2.24, 2.45) is 4.99 Å². The van der Waals surface area contributed by atoms with E-state index in [1.807, 2.05) is 19.2 Å². The van der Waals surface area contributed by atoms with Crippen molar-refractivity contribution in [2.75, 3.05) is 26.7 Å². The molecule has 0 aromatic heterocycles. The summed E-state index contributed by atoms with van der Waals surface area (Å²) in [6.45, 7) is 11.9. The van der Waals surface area contributed by atoms with E-state index in [-0.39, 0.29) is 24.0 Å². The number of nitrogens with zero attached hydrogens (tertiary/aromatic N) is 2. The fourth-order valence-electron chi connectivity index (χ4n) is 2.96. The van der Waals surface area contributed by atoms with Crippen LogP contribution in [0.5, 0.6) is 5.75 Å². The zero-order valence-electron chi connectivity index (χ0n) is 17.0. The Balaban J connectivity index is 0.00000625. The number of halogens is 1. The van der Waals surface area contributed by atoms with Gasteiger partial charge in [0.2, 0.25) is 0 Å². The van der Waals surface area contributed by atoms with Crippen molar-refractivity contribution in [1.82, 2.24) is 15.5 Å². The first kappa shape index (κ1) is 25.0. The molecule has 0 aliphatic carbocycles. The number of aromatic hydroxyl groups is 1. The Kier molecular flexibility index (Phi) is 13.5. The quantitative estimate of drug-likeness (QED) is 0.209. The molecule has 0 saturated carbocycles. The Morgan fingerprint density at radius 3 is 2.04 bits per heavy atom. The van der Waals surface area contributed by atoms with Gasteiger partial charge in [-0.1, -0.05) is 12.1 Å². The number of hydrogen-bond acceptors (Lipinski definition) is 3. The molecule has 0 bridgehead atoms. The molecule has 5 nitrogen and oxygen atoms in total. The SMILES string of the molecule is CN=C(NCCCc1ccc(O)cc1)NCCCN(C(C)C)C(C)C.I. The van der Waals surface area contributed by atoms with Crippen LogP contribution in [0.25, 0.3) is 0 Å². The number of guanidine groups is 1. The first-order chi connectivity index (χ1) is 11.9. The van der Waals surface area contributed by atoms with Crippen molar-refractivity contribution in [3.8, 4) is 5.75 Å². The van der Waals surface area contributed by atoms with Crippen LogP contribution in [0, 0.1) is 0 Å². The third-order valence-electron chi connectivity index (χ3n) is 4.31. The highest BCUT2D eigenvalue weighted by Crippen LogP contribution is 2.10. The van der Waals surface area contributed by atoms with Crippen LogP contribution in [0.15, 0.2) is 29.3 Å². The molecule has 0 fully saturated rings. The molecule has 6 heteroatoms. The molecule has 0 unspecified atom stereocenters. The Morgan fingerprint density at radius 1 is 1.00 bits per heavy atom. The van der Waals surface area contributed by atoms with E-state index in [2.05, 4.69) is 48.2 Å². The van der Waals surface area contributed by atoms with Gasteiger partial charge in [0.15, 0.2) is 5.96 Å². The number of aliphatic imine (C=N–C) groups is 1. The topological polar surface area (TPSA) is 59.9 Å². The van der Waals surface area contributed by atoms with E-state index in [4.69, 9.17) is 0 Å². The van der Waals surface area contributed by atoms with Crippen LogP contribution in [0.1, 0.15) is 46.1 Å². The molecule has 1 aromatic carbocycles. The molecular formula is C20H37IN4O.